The Hall–Kier alpha value is -2.69. The molecule has 4 rings (SSSR count). The van der Waals surface area contributed by atoms with Crippen molar-refractivity contribution in [2.75, 3.05) is 4.90 Å². The van der Waals surface area contributed by atoms with Crippen molar-refractivity contribution in [1.82, 2.24) is 9.78 Å². The van der Waals surface area contributed by atoms with E-state index in [2.05, 4.69) is 24.2 Å². The predicted octanol–water partition coefficient (Wildman–Crippen LogP) is 2.70. The number of benzene rings is 1. The Kier molecular flexibility index (Phi) is 3.56. The van der Waals surface area contributed by atoms with E-state index in [0.717, 1.165) is 0 Å². The quantitative estimate of drug-likeness (QED) is 0.645. The molecule has 1 fully saturated rings. The summed E-state index contributed by atoms with van der Waals surface area (Å²) >= 11 is 0. The maximum Gasteiger partial charge on any atom is 0.239 e. The molecular weight excluding hydrogens is 302 g/mol. The molecule has 5 heteroatoms. The van der Waals surface area contributed by atoms with E-state index in [4.69, 9.17) is 0 Å². The first-order valence-electron chi connectivity index (χ1n) is 8.26. The fourth-order valence-corrected chi connectivity index (χ4v) is 3.55. The number of carbonyl (C=O) groups excluding carboxylic acids is 2. The summed E-state index contributed by atoms with van der Waals surface area (Å²) in [6, 6.07) is 9.87. The zero-order valence-electron chi connectivity index (χ0n) is 13.6. The molecule has 2 amide bonds. The van der Waals surface area contributed by atoms with Gasteiger partial charge in [-0.1, -0.05) is 36.4 Å². The minimum atomic E-state index is -0.219. The van der Waals surface area contributed by atoms with E-state index in [1.54, 1.807) is 10.7 Å². The summed E-state index contributed by atoms with van der Waals surface area (Å²) in [5, 5.41) is 4.47. The number of fused-ring (bicyclic) bond motifs is 1. The molecule has 2 aromatic rings. The second-order valence-electron chi connectivity index (χ2n) is 6.47. The molecule has 0 saturated carbocycles. The van der Waals surface area contributed by atoms with Gasteiger partial charge in [0.2, 0.25) is 11.8 Å². The van der Waals surface area contributed by atoms with Gasteiger partial charge in [-0.3, -0.25) is 14.3 Å². The average molecular weight is 321 g/mol. The minimum Gasteiger partial charge on any atom is -0.274 e. The first-order chi connectivity index (χ1) is 11.6. The van der Waals surface area contributed by atoms with Gasteiger partial charge in [-0.25, -0.2) is 4.90 Å². The molecule has 122 valence electrons. The van der Waals surface area contributed by atoms with Crippen molar-refractivity contribution in [3.8, 4) is 0 Å². The molecule has 2 unspecified atom stereocenters. The molecule has 1 aliphatic carbocycles. The van der Waals surface area contributed by atoms with Gasteiger partial charge in [0.1, 0.15) is 0 Å². The maximum absolute atomic E-state index is 12.6. The molecule has 0 bridgehead atoms. The van der Waals surface area contributed by atoms with Gasteiger partial charge < -0.3 is 0 Å². The molecule has 24 heavy (non-hydrogen) atoms. The van der Waals surface area contributed by atoms with Gasteiger partial charge in [-0.2, -0.15) is 5.10 Å². The van der Waals surface area contributed by atoms with E-state index in [-0.39, 0.29) is 23.7 Å². The molecule has 2 heterocycles. The van der Waals surface area contributed by atoms with Crippen LogP contribution in [-0.2, 0) is 16.1 Å². The maximum atomic E-state index is 12.6. The third-order valence-electron chi connectivity index (χ3n) is 4.96. The fourth-order valence-electron chi connectivity index (χ4n) is 3.55. The standard InChI is InChI=1S/C19H19N3O2/c1-13-6-2-3-7-14(13)12-21-11-10-17(20-21)22-18(23)15-8-4-5-9-16(15)19(22)24/h2-7,10-11,15-16H,8-9,12H2,1H3. The van der Waals surface area contributed by atoms with Crippen LogP contribution in [-0.4, -0.2) is 21.6 Å². The largest absolute Gasteiger partial charge is 0.274 e. The molecule has 0 spiro atoms. The van der Waals surface area contributed by atoms with Crippen molar-refractivity contribution in [3.63, 3.8) is 0 Å². The third-order valence-corrected chi connectivity index (χ3v) is 4.96. The first-order valence-corrected chi connectivity index (χ1v) is 8.26. The van der Waals surface area contributed by atoms with Crippen LogP contribution in [0, 0.1) is 18.8 Å². The topological polar surface area (TPSA) is 55.2 Å². The monoisotopic (exact) mass is 321 g/mol. The second kappa shape index (κ2) is 5.74. The molecule has 1 aromatic heterocycles. The third kappa shape index (κ3) is 2.37. The van der Waals surface area contributed by atoms with E-state index >= 15 is 0 Å². The Morgan fingerprint density at radius 1 is 1.04 bits per heavy atom. The minimum absolute atomic E-state index is 0.115. The summed E-state index contributed by atoms with van der Waals surface area (Å²) in [6.07, 6.45) is 7.10. The van der Waals surface area contributed by atoms with Crippen LogP contribution in [0.25, 0.3) is 0 Å². The van der Waals surface area contributed by atoms with Gasteiger partial charge in [0.15, 0.2) is 5.82 Å². The highest BCUT2D eigenvalue weighted by Crippen LogP contribution is 2.37. The molecule has 1 saturated heterocycles. The van der Waals surface area contributed by atoms with Crippen molar-refractivity contribution in [1.29, 1.82) is 0 Å². The lowest BCUT2D eigenvalue weighted by Crippen LogP contribution is -2.31. The lowest BCUT2D eigenvalue weighted by molar-refractivity contribution is -0.122. The van der Waals surface area contributed by atoms with Crippen LogP contribution in [0.2, 0.25) is 0 Å². The van der Waals surface area contributed by atoms with Crippen LogP contribution >= 0.6 is 0 Å². The number of amides is 2. The van der Waals surface area contributed by atoms with Crippen LogP contribution in [0.3, 0.4) is 0 Å². The number of carbonyl (C=O) groups is 2. The van der Waals surface area contributed by atoms with Crippen molar-refractivity contribution in [2.45, 2.75) is 26.3 Å². The van der Waals surface area contributed by atoms with Crippen LogP contribution in [0.1, 0.15) is 24.0 Å². The summed E-state index contributed by atoms with van der Waals surface area (Å²) in [5.74, 6) is -0.230. The van der Waals surface area contributed by atoms with E-state index in [0.29, 0.717) is 25.2 Å². The average Bonchev–Trinajstić information content (AvgIpc) is 3.14. The van der Waals surface area contributed by atoms with Crippen LogP contribution in [0.4, 0.5) is 5.82 Å². The number of anilines is 1. The van der Waals surface area contributed by atoms with E-state index in [1.807, 2.05) is 30.5 Å². The number of allylic oxidation sites excluding steroid dienone is 2. The van der Waals surface area contributed by atoms with E-state index in [9.17, 15) is 9.59 Å². The first kappa shape index (κ1) is 14.9. The normalized spacial score (nSPS) is 23.0. The Morgan fingerprint density at radius 3 is 2.38 bits per heavy atom. The molecule has 2 atom stereocenters. The van der Waals surface area contributed by atoms with Gasteiger partial charge in [0.25, 0.3) is 0 Å². The number of imide groups is 1. The molecule has 1 aromatic carbocycles. The lowest BCUT2D eigenvalue weighted by atomic mass is 9.85. The molecule has 5 nitrogen and oxygen atoms in total. The molecule has 0 N–H and O–H groups in total. The number of nitrogens with zero attached hydrogens (tertiary/aromatic N) is 3. The lowest BCUT2D eigenvalue weighted by Gasteiger charge is -2.14. The van der Waals surface area contributed by atoms with Crippen molar-refractivity contribution in [2.24, 2.45) is 11.8 Å². The summed E-state index contributed by atoms with van der Waals surface area (Å²) < 4.78 is 1.78. The predicted molar refractivity (Wildman–Crippen MR) is 90.4 cm³/mol. The van der Waals surface area contributed by atoms with E-state index < -0.39 is 0 Å². The van der Waals surface area contributed by atoms with Crippen molar-refractivity contribution in [3.05, 3.63) is 59.8 Å². The zero-order chi connectivity index (χ0) is 16.7. The SMILES string of the molecule is Cc1ccccc1Cn1ccc(N2C(=O)C3CC=CCC3C2=O)n1. The highest BCUT2D eigenvalue weighted by atomic mass is 16.2. The number of aryl methyl sites for hydroxylation is 1. The van der Waals surface area contributed by atoms with Gasteiger partial charge in [0, 0.05) is 12.3 Å². The Balaban J connectivity index is 1.58. The van der Waals surface area contributed by atoms with Gasteiger partial charge in [-0.15, -0.1) is 0 Å². The number of aromatic nitrogens is 2. The molecule has 2 aliphatic rings. The fraction of sp³-hybridized carbons (Fsp3) is 0.316. The van der Waals surface area contributed by atoms with Crippen LogP contribution < -0.4 is 4.90 Å². The summed E-state index contributed by atoms with van der Waals surface area (Å²) in [7, 11) is 0. The van der Waals surface area contributed by atoms with E-state index in [1.165, 1.54) is 16.0 Å². The number of hydrogen-bond donors (Lipinski definition) is 0. The summed E-state index contributed by atoms with van der Waals surface area (Å²) in [6.45, 7) is 2.68. The van der Waals surface area contributed by atoms with Gasteiger partial charge >= 0.3 is 0 Å². The van der Waals surface area contributed by atoms with Crippen molar-refractivity contribution >= 4 is 17.6 Å². The molecule has 0 radical (unpaired) electrons. The number of rotatable bonds is 3. The Labute approximate surface area is 140 Å². The smallest absolute Gasteiger partial charge is 0.239 e. The highest BCUT2D eigenvalue weighted by Gasteiger charge is 2.48. The molecular formula is C19H19N3O2. The Bertz CT molecular complexity index is 811. The van der Waals surface area contributed by atoms with Crippen molar-refractivity contribution < 1.29 is 9.59 Å². The molecule has 1 aliphatic heterocycles. The van der Waals surface area contributed by atoms with Gasteiger partial charge in [-0.05, 0) is 30.9 Å². The summed E-state index contributed by atoms with van der Waals surface area (Å²) in [4.78, 5) is 26.5. The highest BCUT2D eigenvalue weighted by molar-refractivity contribution is 6.21. The summed E-state index contributed by atoms with van der Waals surface area (Å²) in [5.41, 5.74) is 2.36. The number of hydrogen-bond acceptors (Lipinski definition) is 3. The van der Waals surface area contributed by atoms with Gasteiger partial charge in [0.05, 0.1) is 18.4 Å². The van der Waals surface area contributed by atoms with Crippen LogP contribution in [0.5, 0.6) is 0 Å². The van der Waals surface area contributed by atoms with Crippen LogP contribution in [0.15, 0.2) is 48.7 Å². The second-order valence-corrected chi connectivity index (χ2v) is 6.47. The zero-order valence-corrected chi connectivity index (χ0v) is 13.6. The Morgan fingerprint density at radius 2 is 1.71 bits per heavy atom.